The summed E-state index contributed by atoms with van der Waals surface area (Å²) in [7, 11) is 3.68. The van der Waals surface area contributed by atoms with Gasteiger partial charge in [0.2, 0.25) is 0 Å². The summed E-state index contributed by atoms with van der Waals surface area (Å²) in [5.41, 5.74) is 2.32. The van der Waals surface area contributed by atoms with Crippen LogP contribution in [0.2, 0.25) is 0 Å². The van der Waals surface area contributed by atoms with Crippen molar-refractivity contribution in [1.29, 1.82) is 0 Å². The molecule has 0 saturated heterocycles. The maximum atomic E-state index is 9.25. The zero-order valence-corrected chi connectivity index (χ0v) is 13.1. The van der Waals surface area contributed by atoms with E-state index in [4.69, 9.17) is 0 Å². The molecular formula is C16H23N5O. The molecule has 1 aromatic carbocycles. The van der Waals surface area contributed by atoms with Gasteiger partial charge in [-0.25, -0.2) is 0 Å². The fourth-order valence-electron chi connectivity index (χ4n) is 2.13. The van der Waals surface area contributed by atoms with Crippen LogP contribution in [-0.4, -0.2) is 34.4 Å². The highest BCUT2D eigenvalue weighted by atomic mass is 16.3. The summed E-state index contributed by atoms with van der Waals surface area (Å²) in [6, 6.07) is 9.31. The molecular weight excluding hydrogens is 278 g/mol. The van der Waals surface area contributed by atoms with Gasteiger partial charge in [0.25, 0.3) is 0 Å². The Labute approximate surface area is 130 Å². The summed E-state index contributed by atoms with van der Waals surface area (Å²) in [6.07, 6.45) is 3.74. The van der Waals surface area contributed by atoms with Crippen LogP contribution in [0.3, 0.4) is 0 Å². The van der Waals surface area contributed by atoms with Crippen LogP contribution in [0.1, 0.15) is 17.7 Å². The number of rotatable bonds is 6. The van der Waals surface area contributed by atoms with Crippen molar-refractivity contribution in [2.24, 2.45) is 12.0 Å². The van der Waals surface area contributed by atoms with Crippen molar-refractivity contribution < 1.29 is 5.11 Å². The molecule has 0 unspecified atom stereocenters. The molecule has 118 valence electrons. The van der Waals surface area contributed by atoms with Crippen LogP contribution in [0, 0.1) is 0 Å². The Kier molecular flexibility index (Phi) is 5.82. The van der Waals surface area contributed by atoms with E-state index in [0.29, 0.717) is 12.3 Å². The van der Waals surface area contributed by atoms with Crippen molar-refractivity contribution in [3.63, 3.8) is 0 Å². The van der Waals surface area contributed by atoms with E-state index in [0.717, 1.165) is 31.0 Å². The highest BCUT2D eigenvalue weighted by molar-refractivity contribution is 5.79. The molecule has 0 aliphatic carbocycles. The van der Waals surface area contributed by atoms with Crippen molar-refractivity contribution in [3.05, 3.63) is 47.8 Å². The maximum Gasteiger partial charge on any atom is 0.191 e. The summed E-state index contributed by atoms with van der Waals surface area (Å²) in [5, 5.41) is 19.9. The van der Waals surface area contributed by atoms with Crippen molar-refractivity contribution in [3.8, 4) is 5.75 Å². The first-order valence-corrected chi connectivity index (χ1v) is 7.38. The van der Waals surface area contributed by atoms with Crippen LogP contribution >= 0.6 is 0 Å². The van der Waals surface area contributed by atoms with Crippen molar-refractivity contribution in [2.45, 2.75) is 19.4 Å². The second kappa shape index (κ2) is 8.07. The fourth-order valence-corrected chi connectivity index (χ4v) is 2.13. The molecule has 3 N–H and O–H groups in total. The molecule has 0 amide bonds. The van der Waals surface area contributed by atoms with Gasteiger partial charge in [-0.05, 0) is 36.6 Å². The van der Waals surface area contributed by atoms with Gasteiger partial charge in [-0.3, -0.25) is 9.67 Å². The first kappa shape index (κ1) is 15.9. The van der Waals surface area contributed by atoms with Crippen LogP contribution < -0.4 is 10.6 Å². The molecule has 1 aromatic heterocycles. The molecule has 0 fully saturated rings. The van der Waals surface area contributed by atoms with E-state index in [1.54, 1.807) is 25.4 Å². The average molecular weight is 301 g/mol. The van der Waals surface area contributed by atoms with E-state index in [-0.39, 0.29) is 0 Å². The number of nitrogens with zero attached hydrogens (tertiary/aromatic N) is 3. The first-order valence-electron chi connectivity index (χ1n) is 7.38. The number of aryl methyl sites for hydroxylation is 2. The Bertz CT molecular complexity index is 603. The highest BCUT2D eigenvalue weighted by Gasteiger charge is 2.01. The summed E-state index contributed by atoms with van der Waals surface area (Å²) in [6.45, 7) is 1.53. The van der Waals surface area contributed by atoms with Crippen molar-refractivity contribution in [1.82, 2.24) is 20.4 Å². The molecule has 22 heavy (non-hydrogen) atoms. The van der Waals surface area contributed by atoms with E-state index < -0.39 is 0 Å². The summed E-state index contributed by atoms with van der Waals surface area (Å²) in [5.74, 6) is 1.09. The van der Waals surface area contributed by atoms with Gasteiger partial charge in [0, 0.05) is 26.8 Å². The number of aromatic hydroxyl groups is 1. The number of nitrogens with one attached hydrogen (secondary N) is 2. The number of aromatic nitrogens is 2. The predicted octanol–water partition coefficient (Wildman–Crippen LogP) is 1.42. The van der Waals surface area contributed by atoms with Gasteiger partial charge in [-0.15, -0.1) is 0 Å². The van der Waals surface area contributed by atoms with E-state index in [9.17, 15) is 5.11 Å². The van der Waals surface area contributed by atoms with Gasteiger partial charge in [0.15, 0.2) is 5.96 Å². The Morgan fingerprint density at radius 2 is 2.00 bits per heavy atom. The standard InChI is InChI=1S/C16H23N5O/c1-17-16(19-12-14-9-11-20-21(14)2)18-10-3-4-13-5-7-15(22)8-6-13/h5-9,11,22H,3-4,10,12H2,1-2H3,(H2,17,18,19). The third kappa shape index (κ3) is 4.80. The highest BCUT2D eigenvalue weighted by Crippen LogP contribution is 2.10. The van der Waals surface area contributed by atoms with Gasteiger partial charge in [0.05, 0.1) is 12.2 Å². The zero-order chi connectivity index (χ0) is 15.8. The number of phenols is 1. The molecule has 0 saturated carbocycles. The molecule has 6 heteroatoms. The molecule has 0 radical (unpaired) electrons. The Morgan fingerprint density at radius 1 is 1.23 bits per heavy atom. The van der Waals surface area contributed by atoms with Crippen LogP contribution in [0.15, 0.2) is 41.5 Å². The van der Waals surface area contributed by atoms with E-state index in [2.05, 4.69) is 20.7 Å². The third-order valence-electron chi connectivity index (χ3n) is 3.45. The zero-order valence-electron chi connectivity index (χ0n) is 13.1. The van der Waals surface area contributed by atoms with Gasteiger partial charge >= 0.3 is 0 Å². The number of phenolic OH excluding ortho intramolecular Hbond substituents is 1. The summed E-state index contributed by atoms with van der Waals surface area (Å²) >= 11 is 0. The van der Waals surface area contributed by atoms with E-state index in [1.807, 2.05) is 29.9 Å². The second-order valence-electron chi connectivity index (χ2n) is 5.07. The smallest absolute Gasteiger partial charge is 0.191 e. The largest absolute Gasteiger partial charge is 0.508 e. The normalized spacial score (nSPS) is 11.5. The molecule has 6 nitrogen and oxygen atoms in total. The van der Waals surface area contributed by atoms with Gasteiger partial charge in [-0.2, -0.15) is 5.10 Å². The predicted molar refractivity (Wildman–Crippen MR) is 87.8 cm³/mol. The van der Waals surface area contributed by atoms with Crippen molar-refractivity contribution >= 4 is 5.96 Å². The SMILES string of the molecule is CN=C(NCCCc1ccc(O)cc1)NCc1ccnn1C. The molecule has 2 aromatic rings. The van der Waals surface area contributed by atoms with E-state index >= 15 is 0 Å². The molecule has 1 heterocycles. The molecule has 0 aliphatic heterocycles. The fraction of sp³-hybridized carbons (Fsp3) is 0.375. The topological polar surface area (TPSA) is 74.5 Å². The number of benzene rings is 1. The van der Waals surface area contributed by atoms with Crippen LogP contribution in [0.4, 0.5) is 0 Å². The Balaban J connectivity index is 1.68. The lowest BCUT2D eigenvalue weighted by molar-refractivity contribution is 0.475. The van der Waals surface area contributed by atoms with Gasteiger partial charge < -0.3 is 15.7 Å². The lowest BCUT2D eigenvalue weighted by atomic mass is 10.1. The van der Waals surface area contributed by atoms with Gasteiger partial charge in [0.1, 0.15) is 5.75 Å². The summed E-state index contributed by atoms with van der Waals surface area (Å²) in [4.78, 5) is 4.21. The number of hydrogen-bond donors (Lipinski definition) is 3. The summed E-state index contributed by atoms with van der Waals surface area (Å²) < 4.78 is 1.84. The first-order chi connectivity index (χ1) is 10.7. The average Bonchev–Trinajstić information content (AvgIpc) is 2.93. The monoisotopic (exact) mass is 301 g/mol. The number of guanidine groups is 1. The molecule has 2 rings (SSSR count). The number of aliphatic imine (C=N–C) groups is 1. The van der Waals surface area contributed by atoms with Crippen LogP contribution in [-0.2, 0) is 20.0 Å². The molecule has 0 spiro atoms. The number of hydrogen-bond acceptors (Lipinski definition) is 3. The van der Waals surface area contributed by atoms with E-state index in [1.165, 1.54) is 5.56 Å². The van der Waals surface area contributed by atoms with Crippen LogP contribution in [0.25, 0.3) is 0 Å². The Hall–Kier alpha value is -2.50. The minimum Gasteiger partial charge on any atom is -0.508 e. The third-order valence-corrected chi connectivity index (χ3v) is 3.45. The second-order valence-corrected chi connectivity index (χ2v) is 5.07. The lowest BCUT2D eigenvalue weighted by Crippen LogP contribution is -2.37. The minimum atomic E-state index is 0.307. The van der Waals surface area contributed by atoms with Crippen molar-refractivity contribution in [2.75, 3.05) is 13.6 Å². The lowest BCUT2D eigenvalue weighted by Gasteiger charge is -2.12. The minimum absolute atomic E-state index is 0.307. The molecule has 0 bridgehead atoms. The quantitative estimate of drug-likeness (QED) is 0.428. The maximum absolute atomic E-state index is 9.25. The van der Waals surface area contributed by atoms with Gasteiger partial charge in [-0.1, -0.05) is 12.1 Å². The molecule has 0 atom stereocenters. The Morgan fingerprint density at radius 3 is 2.64 bits per heavy atom. The molecule has 0 aliphatic rings. The van der Waals surface area contributed by atoms with Crippen LogP contribution in [0.5, 0.6) is 5.75 Å².